The van der Waals surface area contributed by atoms with Crippen molar-refractivity contribution in [1.82, 2.24) is 10.2 Å². The Morgan fingerprint density at radius 2 is 1.89 bits per heavy atom. The Hall–Kier alpha value is -0.0800. The van der Waals surface area contributed by atoms with Crippen LogP contribution in [0.3, 0.4) is 0 Å². The van der Waals surface area contributed by atoms with Crippen LogP contribution in [0.1, 0.15) is 58.3 Å². The van der Waals surface area contributed by atoms with E-state index in [2.05, 4.69) is 17.1 Å². The normalized spacial score (nSPS) is 41.8. The molecule has 3 aliphatic rings. The lowest BCUT2D eigenvalue weighted by molar-refractivity contribution is 0.0488. The molecule has 2 heterocycles. The minimum Gasteiger partial charge on any atom is -0.315 e. The third-order valence-electron chi connectivity index (χ3n) is 5.70. The summed E-state index contributed by atoms with van der Waals surface area (Å²) < 4.78 is 0. The molecule has 3 fully saturated rings. The molecule has 0 aromatic rings. The van der Waals surface area contributed by atoms with Gasteiger partial charge in [-0.15, -0.1) is 0 Å². The molecule has 2 nitrogen and oxygen atoms in total. The number of piperidine rings is 1. The molecule has 18 heavy (non-hydrogen) atoms. The van der Waals surface area contributed by atoms with Gasteiger partial charge in [-0.1, -0.05) is 19.8 Å². The summed E-state index contributed by atoms with van der Waals surface area (Å²) in [5, 5.41) is 3.62. The number of hydrogen-bond donors (Lipinski definition) is 1. The highest BCUT2D eigenvalue weighted by Gasteiger charge is 2.38. The van der Waals surface area contributed by atoms with Crippen molar-refractivity contribution in [2.75, 3.05) is 19.6 Å². The van der Waals surface area contributed by atoms with Crippen molar-refractivity contribution in [1.29, 1.82) is 0 Å². The summed E-state index contributed by atoms with van der Waals surface area (Å²) in [4.78, 5) is 2.90. The van der Waals surface area contributed by atoms with Crippen LogP contribution in [0.2, 0.25) is 0 Å². The Morgan fingerprint density at radius 1 is 1.06 bits per heavy atom. The predicted octanol–water partition coefficient (Wildman–Crippen LogP) is 3.03. The third-order valence-corrected chi connectivity index (χ3v) is 5.70. The van der Waals surface area contributed by atoms with Crippen LogP contribution in [0.25, 0.3) is 0 Å². The van der Waals surface area contributed by atoms with Crippen LogP contribution in [-0.4, -0.2) is 36.6 Å². The quantitative estimate of drug-likeness (QED) is 0.828. The minimum atomic E-state index is 0.881. The molecule has 2 atom stereocenters. The number of fused-ring (bicyclic) bond motifs is 1. The Labute approximate surface area is 113 Å². The second-order valence-electron chi connectivity index (χ2n) is 6.83. The molecule has 3 rings (SSSR count). The van der Waals surface area contributed by atoms with Crippen molar-refractivity contribution >= 4 is 0 Å². The molecule has 0 bridgehead atoms. The van der Waals surface area contributed by atoms with E-state index in [1.165, 1.54) is 71.0 Å². The molecule has 0 aromatic heterocycles. The maximum absolute atomic E-state index is 3.62. The Bertz CT molecular complexity index is 258. The molecule has 2 unspecified atom stereocenters. The van der Waals surface area contributed by atoms with Crippen molar-refractivity contribution in [3.8, 4) is 0 Å². The highest BCUT2D eigenvalue weighted by molar-refractivity contribution is 4.95. The summed E-state index contributed by atoms with van der Waals surface area (Å²) in [5.41, 5.74) is 0. The highest BCUT2D eigenvalue weighted by atomic mass is 15.2. The lowest BCUT2D eigenvalue weighted by Gasteiger charge is -2.44. The van der Waals surface area contributed by atoms with Gasteiger partial charge in [-0.3, -0.25) is 4.90 Å². The van der Waals surface area contributed by atoms with Gasteiger partial charge in [-0.05, 0) is 63.5 Å². The first kappa shape index (κ1) is 12.9. The van der Waals surface area contributed by atoms with Gasteiger partial charge >= 0.3 is 0 Å². The van der Waals surface area contributed by atoms with Gasteiger partial charge in [-0.2, -0.15) is 0 Å². The number of rotatable bonds is 3. The van der Waals surface area contributed by atoms with Crippen molar-refractivity contribution in [3.05, 3.63) is 0 Å². The molecule has 0 spiro atoms. The maximum atomic E-state index is 3.62. The minimum absolute atomic E-state index is 0.881. The molecular weight excluding hydrogens is 220 g/mol. The van der Waals surface area contributed by atoms with Crippen LogP contribution in [0.5, 0.6) is 0 Å². The number of nitrogens with one attached hydrogen (secondary N) is 1. The molecule has 0 radical (unpaired) electrons. The van der Waals surface area contributed by atoms with Gasteiger partial charge in [0.25, 0.3) is 0 Å². The van der Waals surface area contributed by atoms with E-state index >= 15 is 0 Å². The first-order valence-corrected chi connectivity index (χ1v) is 8.35. The van der Waals surface area contributed by atoms with Gasteiger partial charge in [0.1, 0.15) is 0 Å². The van der Waals surface area contributed by atoms with E-state index in [0.717, 1.165) is 23.9 Å². The van der Waals surface area contributed by atoms with Gasteiger partial charge in [-0.25, -0.2) is 0 Å². The lowest BCUT2D eigenvalue weighted by atomic mass is 9.81. The van der Waals surface area contributed by atoms with Gasteiger partial charge in [0, 0.05) is 18.6 Å². The number of likely N-dealkylation sites (tertiary alicyclic amines) is 1. The van der Waals surface area contributed by atoms with E-state index in [0.29, 0.717) is 0 Å². The van der Waals surface area contributed by atoms with Crippen molar-refractivity contribution in [2.45, 2.75) is 70.4 Å². The average molecular weight is 250 g/mol. The Morgan fingerprint density at radius 3 is 2.67 bits per heavy atom. The second kappa shape index (κ2) is 5.92. The smallest absolute Gasteiger partial charge is 0.0263 e. The molecule has 0 aromatic carbocycles. The summed E-state index contributed by atoms with van der Waals surface area (Å²) in [6.45, 7) is 6.27. The topological polar surface area (TPSA) is 15.3 Å². The van der Waals surface area contributed by atoms with E-state index in [-0.39, 0.29) is 0 Å². The fraction of sp³-hybridized carbons (Fsp3) is 1.00. The molecule has 1 saturated carbocycles. The molecule has 104 valence electrons. The first-order valence-electron chi connectivity index (χ1n) is 8.35. The summed E-state index contributed by atoms with van der Waals surface area (Å²) in [6, 6.07) is 1.80. The highest BCUT2D eigenvalue weighted by Crippen LogP contribution is 2.35. The van der Waals surface area contributed by atoms with Gasteiger partial charge in [0.2, 0.25) is 0 Å². The van der Waals surface area contributed by atoms with Crippen LogP contribution in [0.15, 0.2) is 0 Å². The van der Waals surface area contributed by atoms with Gasteiger partial charge < -0.3 is 5.32 Å². The van der Waals surface area contributed by atoms with Crippen molar-refractivity contribution in [2.24, 2.45) is 11.8 Å². The summed E-state index contributed by atoms with van der Waals surface area (Å²) in [7, 11) is 0. The van der Waals surface area contributed by atoms with Crippen LogP contribution in [-0.2, 0) is 0 Å². The predicted molar refractivity (Wildman–Crippen MR) is 76.7 cm³/mol. The van der Waals surface area contributed by atoms with Crippen molar-refractivity contribution < 1.29 is 0 Å². The van der Waals surface area contributed by atoms with E-state index in [1.54, 1.807) is 0 Å². The van der Waals surface area contributed by atoms with E-state index in [4.69, 9.17) is 0 Å². The lowest BCUT2D eigenvalue weighted by Crippen LogP contribution is -2.51. The number of nitrogens with zero attached hydrogens (tertiary/aromatic N) is 1. The zero-order valence-corrected chi connectivity index (χ0v) is 12.0. The molecule has 2 aliphatic heterocycles. The molecule has 2 heteroatoms. The SMILES string of the molecule is CCCC1CCC(N2CCCC3CNCC32)CC1. The van der Waals surface area contributed by atoms with Crippen LogP contribution >= 0.6 is 0 Å². The molecular formula is C16H30N2. The summed E-state index contributed by atoms with van der Waals surface area (Å²) in [6.07, 6.45) is 11.7. The molecule has 1 aliphatic carbocycles. The largest absolute Gasteiger partial charge is 0.315 e. The summed E-state index contributed by atoms with van der Waals surface area (Å²) in [5.74, 6) is 2.01. The van der Waals surface area contributed by atoms with E-state index in [9.17, 15) is 0 Å². The Balaban J connectivity index is 1.55. The monoisotopic (exact) mass is 250 g/mol. The number of hydrogen-bond acceptors (Lipinski definition) is 2. The van der Waals surface area contributed by atoms with Gasteiger partial charge in [0.05, 0.1) is 0 Å². The van der Waals surface area contributed by atoms with E-state index in [1.807, 2.05) is 0 Å². The molecule has 1 N–H and O–H groups in total. The second-order valence-corrected chi connectivity index (χ2v) is 6.83. The third kappa shape index (κ3) is 2.60. The van der Waals surface area contributed by atoms with Crippen LogP contribution < -0.4 is 5.32 Å². The maximum Gasteiger partial charge on any atom is 0.0263 e. The zero-order chi connectivity index (χ0) is 12.4. The Kier molecular flexibility index (Phi) is 4.25. The standard InChI is InChI=1S/C16H30N2/c1-2-4-13-6-8-15(9-7-13)18-10-3-5-14-11-17-12-16(14)18/h13-17H,2-12H2,1H3. The van der Waals surface area contributed by atoms with Crippen LogP contribution in [0.4, 0.5) is 0 Å². The van der Waals surface area contributed by atoms with E-state index < -0.39 is 0 Å². The average Bonchev–Trinajstić information content (AvgIpc) is 2.88. The first-order chi connectivity index (χ1) is 8.88. The van der Waals surface area contributed by atoms with Crippen LogP contribution in [0, 0.1) is 11.8 Å². The van der Waals surface area contributed by atoms with Crippen molar-refractivity contribution in [3.63, 3.8) is 0 Å². The fourth-order valence-corrected chi connectivity index (χ4v) is 4.73. The fourth-order valence-electron chi connectivity index (χ4n) is 4.73. The molecule has 2 saturated heterocycles. The zero-order valence-electron chi connectivity index (χ0n) is 12.0. The van der Waals surface area contributed by atoms with Gasteiger partial charge in [0.15, 0.2) is 0 Å². The molecule has 0 amide bonds. The summed E-state index contributed by atoms with van der Waals surface area (Å²) >= 11 is 0.